The summed E-state index contributed by atoms with van der Waals surface area (Å²) in [6, 6.07) is 0. The van der Waals surface area contributed by atoms with E-state index in [-0.39, 0.29) is 5.92 Å². The number of nitrogens with zero attached hydrogens (tertiary/aromatic N) is 2. The Bertz CT molecular complexity index is 331. The second-order valence-electron chi connectivity index (χ2n) is 3.11. The largest absolute Gasteiger partial charge is 0.385 e. The van der Waals surface area contributed by atoms with Gasteiger partial charge < -0.3 is 4.74 Å². The lowest BCUT2D eigenvalue weighted by Crippen LogP contribution is -2.04. The summed E-state index contributed by atoms with van der Waals surface area (Å²) in [6.07, 6.45) is 9.20. The Balaban J connectivity index is 2.59. The van der Waals surface area contributed by atoms with Crippen molar-refractivity contribution < 1.29 is 9.13 Å². The molecule has 4 heteroatoms. The highest BCUT2D eigenvalue weighted by Crippen LogP contribution is 2.16. The zero-order chi connectivity index (χ0) is 11.1. The number of hydrogen-bond donors (Lipinski definition) is 0. The molecule has 0 bridgehead atoms. The fourth-order valence-electron chi connectivity index (χ4n) is 1.22. The van der Waals surface area contributed by atoms with Gasteiger partial charge in [-0.3, -0.25) is 0 Å². The van der Waals surface area contributed by atoms with Crippen molar-refractivity contribution in [2.24, 2.45) is 0 Å². The standard InChI is InChI=1S/C11H13FN2O/c1-3-9(5-4-6-15-2)11-13-7-10(12)8-14-11/h1,7-9H,4-6H2,2H3/t9-/m0/s1. The van der Waals surface area contributed by atoms with Crippen molar-refractivity contribution in [1.29, 1.82) is 0 Å². The molecular formula is C11H13FN2O. The van der Waals surface area contributed by atoms with Gasteiger partial charge in [0.15, 0.2) is 5.82 Å². The Morgan fingerprint density at radius 1 is 1.53 bits per heavy atom. The van der Waals surface area contributed by atoms with E-state index in [1.807, 2.05) is 0 Å². The van der Waals surface area contributed by atoms with Crippen molar-refractivity contribution in [3.63, 3.8) is 0 Å². The zero-order valence-electron chi connectivity index (χ0n) is 8.61. The minimum absolute atomic E-state index is 0.166. The molecule has 1 rings (SSSR count). The number of aromatic nitrogens is 2. The van der Waals surface area contributed by atoms with Crippen LogP contribution in [0, 0.1) is 18.2 Å². The van der Waals surface area contributed by atoms with Gasteiger partial charge in [0.05, 0.1) is 18.3 Å². The summed E-state index contributed by atoms with van der Waals surface area (Å²) >= 11 is 0. The molecule has 15 heavy (non-hydrogen) atoms. The van der Waals surface area contributed by atoms with E-state index >= 15 is 0 Å². The maximum absolute atomic E-state index is 12.6. The molecule has 0 aliphatic heterocycles. The molecule has 0 aromatic carbocycles. The van der Waals surface area contributed by atoms with Gasteiger partial charge in [0.2, 0.25) is 0 Å². The molecule has 80 valence electrons. The van der Waals surface area contributed by atoms with Crippen LogP contribution in [0.4, 0.5) is 4.39 Å². The predicted molar refractivity (Wildman–Crippen MR) is 54.7 cm³/mol. The van der Waals surface area contributed by atoms with Gasteiger partial charge >= 0.3 is 0 Å². The van der Waals surface area contributed by atoms with Crippen molar-refractivity contribution >= 4 is 0 Å². The summed E-state index contributed by atoms with van der Waals surface area (Å²) in [7, 11) is 1.64. The number of terminal acetylenes is 1. The lowest BCUT2D eigenvalue weighted by Gasteiger charge is -2.07. The summed E-state index contributed by atoms with van der Waals surface area (Å²) in [6.45, 7) is 0.652. The van der Waals surface area contributed by atoms with Crippen molar-refractivity contribution in [3.8, 4) is 12.3 Å². The van der Waals surface area contributed by atoms with E-state index in [0.717, 1.165) is 25.2 Å². The smallest absolute Gasteiger partial charge is 0.159 e. The van der Waals surface area contributed by atoms with Gasteiger partial charge in [0.1, 0.15) is 5.82 Å². The van der Waals surface area contributed by atoms with Crippen LogP contribution in [0.2, 0.25) is 0 Å². The molecule has 1 aromatic heterocycles. The molecule has 0 fully saturated rings. The Morgan fingerprint density at radius 3 is 2.73 bits per heavy atom. The highest BCUT2D eigenvalue weighted by atomic mass is 19.1. The van der Waals surface area contributed by atoms with E-state index in [1.54, 1.807) is 7.11 Å². The fraction of sp³-hybridized carbons (Fsp3) is 0.455. The van der Waals surface area contributed by atoms with Crippen LogP contribution in [-0.2, 0) is 4.74 Å². The molecule has 0 unspecified atom stereocenters. The summed E-state index contributed by atoms with van der Waals surface area (Å²) in [4.78, 5) is 7.72. The summed E-state index contributed by atoms with van der Waals surface area (Å²) in [5, 5.41) is 0. The predicted octanol–water partition coefficient (Wildman–Crippen LogP) is 1.76. The topological polar surface area (TPSA) is 35.0 Å². The molecule has 0 aliphatic rings. The first-order valence-electron chi connectivity index (χ1n) is 4.70. The molecule has 0 saturated heterocycles. The number of hydrogen-bond acceptors (Lipinski definition) is 3. The number of methoxy groups -OCH3 is 1. The number of ether oxygens (including phenoxy) is 1. The van der Waals surface area contributed by atoms with Crippen LogP contribution in [0.25, 0.3) is 0 Å². The first-order valence-corrected chi connectivity index (χ1v) is 4.70. The Hall–Kier alpha value is -1.47. The molecule has 1 heterocycles. The fourth-order valence-corrected chi connectivity index (χ4v) is 1.22. The highest BCUT2D eigenvalue weighted by Gasteiger charge is 2.10. The summed E-state index contributed by atoms with van der Waals surface area (Å²) in [5.41, 5.74) is 0. The van der Waals surface area contributed by atoms with Gasteiger partial charge in [0.25, 0.3) is 0 Å². The maximum Gasteiger partial charge on any atom is 0.159 e. The highest BCUT2D eigenvalue weighted by molar-refractivity contribution is 5.12. The van der Waals surface area contributed by atoms with E-state index in [1.165, 1.54) is 0 Å². The van der Waals surface area contributed by atoms with Gasteiger partial charge in [0, 0.05) is 13.7 Å². The Kier molecular flexibility index (Phi) is 4.72. The van der Waals surface area contributed by atoms with Crippen molar-refractivity contribution in [1.82, 2.24) is 9.97 Å². The van der Waals surface area contributed by atoms with Crippen LogP contribution in [0.3, 0.4) is 0 Å². The molecule has 0 amide bonds. The Morgan fingerprint density at radius 2 is 2.20 bits per heavy atom. The molecule has 0 N–H and O–H groups in total. The quantitative estimate of drug-likeness (QED) is 0.546. The second-order valence-corrected chi connectivity index (χ2v) is 3.11. The summed E-state index contributed by atoms with van der Waals surface area (Å²) in [5.74, 6) is 2.47. The van der Waals surface area contributed by atoms with Gasteiger partial charge in [-0.05, 0) is 12.8 Å². The number of halogens is 1. The lowest BCUT2D eigenvalue weighted by atomic mass is 10.0. The monoisotopic (exact) mass is 208 g/mol. The van der Waals surface area contributed by atoms with Gasteiger partial charge in [-0.1, -0.05) is 5.92 Å². The average molecular weight is 208 g/mol. The molecule has 0 radical (unpaired) electrons. The van der Waals surface area contributed by atoms with Crippen molar-refractivity contribution in [3.05, 3.63) is 24.0 Å². The van der Waals surface area contributed by atoms with E-state index in [9.17, 15) is 4.39 Å². The normalized spacial score (nSPS) is 12.1. The molecule has 3 nitrogen and oxygen atoms in total. The maximum atomic E-state index is 12.6. The molecule has 1 aromatic rings. The van der Waals surface area contributed by atoms with Crippen LogP contribution in [0.15, 0.2) is 12.4 Å². The third kappa shape index (κ3) is 3.64. The van der Waals surface area contributed by atoms with Crippen LogP contribution in [0.5, 0.6) is 0 Å². The molecular weight excluding hydrogens is 195 g/mol. The van der Waals surface area contributed by atoms with Gasteiger partial charge in [-0.2, -0.15) is 0 Å². The molecule has 1 atom stereocenters. The van der Waals surface area contributed by atoms with Crippen molar-refractivity contribution in [2.75, 3.05) is 13.7 Å². The van der Waals surface area contributed by atoms with E-state index < -0.39 is 5.82 Å². The minimum atomic E-state index is -0.452. The van der Waals surface area contributed by atoms with Crippen molar-refractivity contribution in [2.45, 2.75) is 18.8 Å². The minimum Gasteiger partial charge on any atom is -0.385 e. The Labute approximate surface area is 88.7 Å². The third-order valence-corrected chi connectivity index (χ3v) is 1.99. The lowest BCUT2D eigenvalue weighted by molar-refractivity contribution is 0.192. The van der Waals surface area contributed by atoms with E-state index in [0.29, 0.717) is 12.4 Å². The van der Waals surface area contributed by atoms with Gasteiger partial charge in [-0.25, -0.2) is 14.4 Å². The molecule has 0 spiro atoms. The first kappa shape index (κ1) is 11.6. The SMILES string of the molecule is C#C[C@@H](CCCOC)c1ncc(F)cn1. The molecule has 0 saturated carbocycles. The third-order valence-electron chi connectivity index (χ3n) is 1.99. The van der Waals surface area contributed by atoms with E-state index in [4.69, 9.17) is 11.2 Å². The van der Waals surface area contributed by atoms with Crippen LogP contribution < -0.4 is 0 Å². The van der Waals surface area contributed by atoms with Gasteiger partial charge in [-0.15, -0.1) is 6.42 Å². The summed E-state index contributed by atoms with van der Waals surface area (Å²) < 4.78 is 17.5. The van der Waals surface area contributed by atoms with E-state index in [2.05, 4.69) is 15.9 Å². The first-order chi connectivity index (χ1) is 7.27. The second kappa shape index (κ2) is 6.10. The van der Waals surface area contributed by atoms with Crippen LogP contribution >= 0.6 is 0 Å². The average Bonchev–Trinajstić information content (AvgIpc) is 2.26. The number of rotatable bonds is 5. The van der Waals surface area contributed by atoms with Crippen LogP contribution in [-0.4, -0.2) is 23.7 Å². The zero-order valence-corrected chi connectivity index (χ0v) is 8.61. The van der Waals surface area contributed by atoms with Crippen LogP contribution in [0.1, 0.15) is 24.6 Å². The molecule has 0 aliphatic carbocycles.